The van der Waals surface area contributed by atoms with Crippen LogP contribution < -0.4 is 10.2 Å². The first-order valence-corrected chi connectivity index (χ1v) is 9.15. The number of hydrogen-bond donors (Lipinski definition) is 1. The second kappa shape index (κ2) is 7.61. The van der Waals surface area contributed by atoms with Gasteiger partial charge in [-0.3, -0.25) is 14.4 Å². The van der Waals surface area contributed by atoms with Crippen LogP contribution in [0, 0.1) is 6.92 Å². The van der Waals surface area contributed by atoms with Crippen LogP contribution in [0.3, 0.4) is 0 Å². The maximum absolute atomic E-state index is 12.2. The van der Waals surface area contributed by atoms with Crippen LogP contribution in [0.5, 0.6) is 0 Å². The molecule has 1 aliphatic heterocycles. The highest BCUT2D eigenvalue weighted by Crippen LogP contribution is 2.29. The number of aryl methyl sites for hydroxylation is 1. The molecule has 1 aromatic carbocycles. The number of nitrogens with one attached hydrogen (secondary N) is 1. The van der Waals surface area contributed by atoms with E-state index in [-0.39, 0.29) is 30.4 Å². The Hall–Kier alpha value is -2.47. The molecule has 3 rings (SSSR count). The van der Waals surface area contributed by atoms with E-state index >= 15 is 0 Å². The Kier molecular flexibility index (Phi) is 5.28. The van der Waals surface area contributed by atoms with Gasteiger partial charge in [-0.1, -0.05) is 12.1 Å². The van der Waals surface area contributed by atoms with Crippen molar-refractivity contribution in [1.29, 1.82) is 0 Å². The first-order valence-electron chi connectivity index (χ1n) is 8.33. The van der Waals surface area contributed by atoms with Gasteiger partial charge in [0.25, 0.3) is 0 Å². The zero-order valence-electron chi connectivity index (χ0n) is 14.1. The molecule has 1 fully saturated rings. The van der Waals surface area contributed by atoms with E-state index < -0.39 is 0 Å². The van der Waals surface area contributed by atoms with Gasteiger partial charge in [0.1, 0.15) is 0 Å². The van der Waals surface area contributed by atoms with Crippen molar-refractivity contribution in [2.75, 3.05) is 16.8 Å². The molecule has 0 atom stereocenters. The number of nitrogens with zero attached hydrogens (tertiary/aromatic N) is 1. The second-order valence-corrected chi connectivity index (χ2v) is 7.34. The molecule has 1 saturated heterocycles. The summed E-state index contributed by atoms with van der Waals surface area (Å²) in [7, 11) is 0. The van der Waals surface area contributed by atoms with Crippen molar-refractivity contribution >= 4 is 40.3 Å². The largest absolute Gasteiger partial charge is 0.324 e. The van der Waals surface area contributed by atoms with E-state index in [0.717, 1.165) is 17.0 Å². The summed E-state index contributed by atoms with van der Waals surface area (Å²) in [6.07, 6.45) is 1.67. The quantitative estimate of drug-likeness (QED) is 0.801. The van der Waals surface area contributed by atoms with E-state index in [9.17, 15) is 14.4 Å². The molecule has 2 amide bonds. The Morgan fingerprint density at radius 3 is 2.64 bits per heavy atom. The van der Waals surface area contributed by atoms with Crippen LogP contribution >= 0.6 is 11.3 Å². The van der Waals surface area contributed by atoms with Gasteiger partial charge in [-0.2, -0.15) is 0 Å². The number of Topliss-reactive ketones (excluding diaryl/α,β-unsaturated/α-hetero) is 1. The van der Waals surface area contributed by atoms with Crippen molar-refractivity contribution < 1.29 is 14.4 Å². The summed E-state index contributed by atoms with van der Waals surface area (Å²) >= 11 is 1.45. The van der Waals surface area contributed by atoms with E-state index in [4.69, 9.17) is 0 Å². The first-order chi connectivity index (χ1) is 12.0. The number of anilines is 2. The van der Waals surface area contributed by atoms with E-state index in [0.29, 0.717) is 23.5 Å². The highest BCUT2D eigenvalue weighted by Gasteiger charge is 2.24. The third-order valence-corrected chi connectivity index (χ3v) is 5.18. The number of thiophene rings is 1. The lowest BCUT2D eigenvalue weighted by molar-refractivity contribution is -0.117. The molecular weight excluding hydrogens is 336 g/mol. The molecule has 1 aliphatic rings. The van der Waals surface area contributed by atoms with Crippen molar-refractivity contribution in [3.63, 3.8) is 0 Å². The summed E-state index contributed by atoms with van der Waals surface area (Å²) in [5, 5.41) is 2.84. The van der Waals surface area contributed by atoms with Gasteiger partial charge in [0.2, 0.25) is 11.8 Å². The fourth-order valence-electron chi connectivity index (χ4n) is 2.86. The van der Waals surface area contributed by atoms with Gasteiger partial charge in [0, 0.05) is 30.7 Å². The van der Waals surface area contributed by atoms with Gasteiger partial charge in [-0.15, -0.1) is 11.3 Å². The van der Waals surface area contributed by atoms with E-state index in [2.05, 4.69) is 5.32 Å². The molecule has 2 aromatic rings. The van der Waals surface area contributed by atoms with Crippen LogP contribution in [-0.2, 0) is 9.59 Å². The molecule has 130 valence electrons. The van der Waals surface area contributed by atoms with Crippen molar-refractivity contribution in [3.05, 3.63) is 46.2 Å². The zero-order chi connectivity index (χ0) is 17.8. The molecular formula is C19H20N2O3S. The van der Waals surface area contributed by atoms with Crippen LogP contribution in [0.15, 0.2) is 36.4 Å². The highest BCUT2D eigenvalue weighted by molar-refractivity contribution is 7.14. The Balaban J connectivity index is 1.61. The molecule has 2 heterocycles. The van der Waals surface area contributed by atoms with Gasteiger partial charge in [0.15, 0.2) is 5.78 Å². The first kappa shape index (κ1) is 17.4. The van der Waals surface area contributed by atoms with Crippen molar-refractivity contribution in [2.24, 2.45) is 0 Å². The van der Waals surface area contributed by atoms with Gasteiger partial charge in [-0.25, -0.2) is 0 Å². The molecule has 0 aliphatic carbocycles. The Bertz CT molecular complexity index is 813. The minimum absolute atomic E-state index is 0.0174. The summed E-state index contributed by atoms with van der Waals surface area (Å²) in [6.45, 7) is 2.62. The number of amides is 2. The van der Waals surface area contributed by atoms with E-state index in [1.54, 1.807) is 17.0 Å². The average Bonchev–Trinajstić information content (AvgIpc) is 3.22. The molecule has 0 spiro atoms. The molecule has 0 bridgehead atoms. The summed E-state index contributed by atoms with van der Waals surface area (Å²) in [5.74, 6) is -0.165. The third-order valence-electron chi connectivity index (χ3n) is 4.14. The van der Waals surface area contributed by atoms with E-state index in [1.807, 2.05) is 31.2 Å². The molecule has 0 unspecified atom stereocenters. The third kappa shape index (κ3) is 4.14. The standard InChI is InChI=1S/C19H20N2O3S/c1-13-8-10-17(25-13)16(22)9-11-18(23)20-14-5-2-3-6-15(14)21-12-4-7-19(21)24/h2-3,5-6,8,10H,4,7,9,11-12H2,1H3,(H,20,23). The fourth-order valence-corrected chi connectivity index (χ4v) is 3.70. The van der Waals surface area contributed by atoms with Gasteiger partial charge < -0.3 is 10.2 Å². The number of para-hydroxylation sites is 2. The lowest BCUT2D eigenvalue weighted by Gasteiger charge is -2.19. The SMILES string of the molecule is Cc1ccc(C(=O)CCC(=O)Nc2ccccc2N2CCCC2=O)s1. The van der Waals surface area contributed by atoms with Crippen LogP contribution in [0.25, 0.3) is 0 Å². The maximum Gasteiger partial charge on any atom is 0.227 e. The smallest absolute Gasteiger partial charge is 0.227 e. The Morgan fingerprint density at radius 2 is 1.96 bits per heavy atom. The van der Waals surface area contributed by atoms with Crippen molar-refractivity contribution in [2.45, 2.75) is 32.6 Å². The van der Waals surface area contributed by atoms with Crippen molar-refractivity contribution in [1.82, 2.24) is 0 Å². The number of benzene rings is 1. The fraction of sp³-hybridized carbons (Fsp3) is 0.316. The van der Waals surface area contributed by atoms with Crippen LogP contribution in [-0.4, -0.2) is 24.1 Å². The van der Waals surface area contributed by atoms with Gasteiger partial charge in [0.05, 0.1) is 16.3 Å². The number of hydrogen-bond acceptors (Lipinski definition) is 4. The average molecular weight is 356 g/mol. The number of carbonyl (C=O) groups is 3. The Morgan fingerprint density at radius 1 is 1.16 bits per heavy atom. The van der Waals surface area contributed by atoms with Crippen LogP contribution in [0.4, 0.5) is 11.4 Å². The van der Waals surface area contributed by atoms with Crippen molar-refractivity contribution in [3.8, 4) is 0 Å². The van der Waals surface area contributed by atoms with Crippen LogP contribution in [0.1, 0.15) is 40.2 Å². The van der Waals surface area contributed by atoms with Gasteiger partial charge >= 0.3 is 0 Å². The summed E-state index contributed by atoms with van der Waals surface area (Å²) in [5.41, 5.74) is 1.33. The molecule has 25 heavy (non-hydrogen) atoms. The molecule has 1 N–H and O–H groups in total. The van der Waals surface area contributed by atoms with E-state index in [1.165, 1.54) is 11.3 Å². The van der Waals surface area contributed by atoms with Gasteiger partial charge in [-0.05, 0) is 37.6 Å². The molecule has 0 radical (unpaired) electrons. The number of rotatable bonds is 6. The maximum atomic E-state index is 12.2. The monoisotopic (exact) mass is 356 g/mol. The lowest BCUT2D eigenvalue weighted by Crippen LogP contribution is -2.25. The molecule has 5 nitrogen and oxygen atoms in total. The molecule has 1 aromatic heterocycles. The number of carbonyl (C=O) groups excluding carboxylic acids is 3. The zero-order valence-corrected chi connectivity index (χ0v) is 14.9. The summed E-state index contributed by atoms with van der Waals surface area (Å²) < 4.78 is 0. The summed E-state index contributed by atoms with van der Waals surface area (Å²) in [4.78, 5) is 39.8. The minimum atomic E-state index is -0.222. The topological polar surface area (TPSA) is 66.5 Å². The summed E-state index contributed by atoms with van der Waals surface area (Å²) in [6, 6.07) is 11.0. The molecule has 6 heteroatoms. The molecule has 0 saturated carbocycles. The number of ketones is 1. The minimum Gasteiger partial charge on any atom is -0.324 e. The predicted molar refractivity (Wildman–Crippen MR) is 99.3 cm³/mol. The normalized spacial score (nSPS) is 14.0. The van der Waals surface area contributed by atoms with Crippen LogP contribution in [0.2, 0.25) is 0 Å². The predicted octanol–water partition coefficient (Wildman–Crippen LogP) is 3.78. The second-order valence-electron chi connectivity index (χ2n) is 6.05. The lowest BCUT2D eigenvalue weighted by atomic mass is 10.1. The Labute approximate surface area is 150 Å². The highest BCUT2D eigenvalue weighted by atomic mass is 32.1.